The van der Waals surface area contributed by atoms with Crippen molar-refractivity contribution in [3.8, 4) is 5.75 Å². The van der Waals surface area contributed by atoms with Crippen molar-refractivity contribution in [3.63, 3.8) is 0 Å². The minimum absolute atomic E-state index is 0.0579. The smallest absolute Gasteiger partial charge is 0.410 e. The average molecular weight is 768 g/mol. The van der Waals surface area contributed by atoms with Gasteiger partial charge in [0.2, 0.25) is 21.8 Å². The Morgan fingerprint density at radius 1 is 1.07 bits per heavy atom. The quantitative estimate of drug-likeness (QED) is 0.337. The first-order valence-corrected chi connectivity index (χ1v) is 19.3. The van der Waals surface area contributed by atoms with E-state index in [2.05, 4.69) is 21.9 Å². The second-order valence-electron chi connectivity index (χ2n) is 15.3. The number of nitrogens with one attached hydrogen (secondary N) is 3. The molecule has 5 amide bonds. The van der Waals surface area contributed by atoms with E-state index >= 15 is 0 Å². The van der Waals surface area contributed by atoms with Gasteiger partial charge in [0.1, 0.15) is 47.5 Å². The Kier molecular flexibility index (Phi) is 9.34. The Balaban J connectivity index is 1.22. The molecule has 0 radical (unpaired) electrons. The molecule has 0 spiro atoms. The Labute approximate surface area is 311 Å². The highest BCUT2D eigenvalue weighted by Gasteiger charge is 2.63. The molecule has 288 valence electrons. The molecular formula is C37H42FN5O10S. The number of ether oxygens (including phenoxy) is 3. The van der Waals surface area contributed by atoms with Crippen LogP contribution in [0.5, 0.6) is 5.75 Å². The zero-order chi connectivity index (χ0) is 38.7. The molecule has 7 rings (SSSR count). The van der Waals surface area contributed by atoms with E-state index in [-0.39, 0.29) is 32.5 Å². The summed E-state index contributed by atoms with van der Waals surface area (Å²) in [5, 5.41) is 4.57. The highest BCUT2D eigenvalue weighted by atomic mass is 32.2. The van der Waals surface area contributed by atoms with E-state index in [1.54, 1.807) is 57.2 Å². The highest BCUT2D eigenvalue weighted by molar-refractivity contribution is 7.91. The Hall–Kier alpha value is -5.19. The third-order valence-corrected chi connectivity index (χ3v) is 12.1. The molecule has 0 bridgehead atoms. The number of hydrogen-bond acceptors (Lipinski definition) is 10. The maximum atomic E-state index is 14.6. The van der Waals surface area contributed by atoms with Gasteiger partial charge in [-0.05, 0) is 57.7 Å². The molecule has 0 unspecified atom stereocenters. The number of rotatable bonds is 8. The van der Waals surface area contributed by atoms with E-state index in [9.17, 15) is 36.8 Å². The first kappa shape index (κ1) is 37.1. The van der Waals surface area contributed by atoms with E-state index in [1.165, 1.54) is 21.9 Å². The van der Waals surface area contributed by atoms with Crippen molar-refractivity contribution in [1.82, 2.24) is 25.2 Å². The van der Waals surface area contributed by atoms with E-state index in [4.69, 9.17) is 14.2 Å². The summed E-state index contributed by atoms with van der Waals surface area (Å²) in [4.78, 5) is 71.9. The third kappa shape index (κ3) is 7.08. The van der Waals surface area contributed by atoms with Gasteiger partial charge in [-0.3, -0.25) is 24.0 Å². The van der Waals surface area contributed by atoms with Crippen molar-refractivity contribution in [2.24, 2.45) is 5.92 Å². The summed E-state index contributed by atoms with van der Waals surface area (Å²) in [6, 6.07) is 7.34. The van der Waals surface area contributed by atoms with Crippen LogP contribution in [0.3, 0.4) is 0 Å². The van der Waals surface area contributed by atoms with E-state index in [0.29, 0.717) is 35.3 Å². The maximum absolute atomic E-state index is 14.6. The fourth-order valence-electron chi connectivity index (χ4n) is 7.39. The lowest BCUT2D eigenvalue weighted by Crippen LogP contribution is -2.60. The summed E-state index contributed by atoms with van der Waals surface area (Å²) in [5.74, 6) is -3.29. The van der Waals surface area contributed by atoms with Crippen LogP contribution < -0.4 is 20.1 Å². The molecule has 3 heterocycles. The van der Waals surface area contributed by atoms with Gasteiger partial charge in [-0.25, -0.2) is 22.4 Å². The number of para-hydroxylation sites is 1. The molecule has 3 aliphatic heterocycles. The molecule has 15 nitrogen and oxygen atoms in total. The predicted molar refractivity (Wildman–Crippen MR) is 188 cm³/mol. The normalized spacial score (nSPS) is 27.2. The highest BCUT2D eigenvalue weighted by Crippen LogP contribution is 2.48. The summed E-state index contributed by atoms with van der Waals surface area (Å²) in [6.45, 7) is 8.36. The molecular weight excluding hydrogens is 725 g/mol. The molecule has 17 heteroatoms. The van der Waals surface area contributed by atoms with E-state index in [0.717, 1.165) is 0 Å². The standard InChI is InChI=1S/C37H42FN5O10S/c1-5-21-16-37(21,33(46)41-54(49,50)22-13-14-22)40-31(44)27-15-29(52-35(48)42-17-20-9-8-11-25(38)24(20)18-42)30-23-10-6-7-12-28(23)51-19-26(32(45)43(27)30)39-34(47)53-36(2,3)4/h5-12,21-22,26-27,29-30H,1,13-19H2,2-4H3,(H,39,47)(H,40,44)(H,41,46)/t21-,26+,27+,29-,30+,37-/m1/s1. The number of carbonyl (C=O) groups excluding carboxylic acids is 5. The van der Waals surface area contributed by atoms with Crippen molar-refractivity contribution in [3.05, 3.63) is 77.6 Å². The van der Waals surface area contributed by atoms with Gasteiger partial charge in [-0.2, -0.15) is 0 Å². The number of carbonyl (C=O) groups is 5. The molecule has 2 aromatic carbocycles. The van der Waals surface area contributed by atoms with Crippen LogP contribution >= 0.6 is 0 Å². The topological polar surface area (TPSA) is 190 Å². The Bertz CT molecular complexity index is 2030. The number of hydrogen-bond donors (Lipinski definition) is 3. The monoisotopic (exact) mass is 767 g/mol. The van der Waals surface area contributed by atoms with Crippen LogP contribution in [0.1, 0.15) is 69.2 Å². The van der Waals surface area contributed by atoms with Crippen LogP contribution in [-0.4, -0.2) is 89.3 Å². The Morgan fingerprint density at radius 3 is 2.48 bits per heavy atom. The summed E-state index contributed by atoms with van der Waals surface area (Å²) in [7, 11) is -3.97. The van der Waals surface area contributed by atoms with Crippen LogP contribution in [-0.2, 0) is 47.0 Å². The molecule has 1 saturated heterocycles. The van der Waals surface area contributed by atoms with Gasteiger partial charge in [-0.1, -0.05) is 36.4 Å². The SMILES string of the molecule is C=C[C@@H]1C[C@]1(NC(=O)[C@@H]1C[C@@H](OC(=O)N2Cc3cccc(F)c3C2)[C@@H]2c3ccccc3OC[C@H](NC(=O)OC(C)(C)C)C(=O)N12)C(=O)NS(=O)(=O)C1CC1. The van der Waals surface area contributed by atoms with Gasteiger partial charge >= 0.3 is 12.2 Å². The number of amides is 5. The minimum Gasteiger partial charge on any atom is -0.491 e. The van der Waals surface area contributed by atoms with Crippen molar-refractivity contribution in [2.75, 3.05) is 6.61 Å². The van der Waals surface area contributed by atoms with Crippen LogP contribution in [0.15, 0.2) is 55.1 Å². The van der Waals surface area contributed by atoms with Crippen LogP contribution in [0.25, 0.3) is 0 Å². The van der Waals surface area contributed by atoms with Crippen molar-refractivity contribution in [2.45, 2.75) is 100 Å². The molecule has 0 aromatic heterocycles. The van der Waals surface area contributed by atoms with Gasteiger partial charge in [0, 0.05) is 30.0 Å². The molecule has 3 fully saturated rings. The minimum atomic E-state index is -3.97. The second kappa shape index (κ2) is 13.6. The Morgan fingerprint density at radius 2 is 1.81 bits per heavy atom. The maximum Gasteiger partial charge on any atom is 0.410 e. The molecule has 3 N–H and O–H groups in total. The number of fused-ring (bicyclic) bond motifs is 4. The van der Waals surface area contributed by atoms with E-state index in [1.807, 2.05) is 0 Å². The third-order valence-electron chi connectivity index (χ3n) is 10.3. The predicted octanol–water partition coefficient (Wildman–Crippen LogP) is 2.94. The number of nitrogens with zero attached hydrogens (tertiary/aromatic N) is 2. The molecule has 54 heavy (non-hydrogen) atoms. The lowest BCUT2D eigenvalue weighted by Gasteiger charge is -2.37. The number of benzene rings is 2. The second-order valence-corrected chi connectivity index (χ2v) is 17.3. The van der Waals surface area contributed by atoms with Gasteiger partial charge in [0.05, 0.1) is 17.8 Å². The largest absolute Gasteiger partial charge is 0.491 e. The van der Waals surface area contributed by atoms with Crippen LogP contribution in [0.4, 0.5) is 14.0 Å². The lowest BCUT2D eigenvalue weighted by molar-refractivity contribution is -0.144. The molecule has 2 aliphatic carbocycles. The summed E-state index contributed by atoms with van der Waals surface area (Å²) >= 11 is 0. The molecule has 5 aliphatic rings. The first-order chi connectivity index (χ1) is 25.5. The fourth-order valence-corrected chi connectivity index (χ4v) is 8.75. The van der Waals surface area contributed by atoms with Gasteiger partial charge in [0.25, 0.3) is 5.91 Å². The summed E-state index contributed by atoms with van der Waals surface area (Å²) < 4.78 is 59.7. The number of sulfonamides is 1. The van der Waals surface area contributed by atoms with Crippen molar-refractivity contribution in [1.29, 1.82) is 0 Å². The first-order valence-electron chi connectivity index (χ1n) is 17.8. The van der Waals surface area contributed by atoms with Crippen molar-refractivity contribution < 1.29 is 51.0 Å². The fraction of sp³-hybridized carbons (Fsp3) is 0.486. The summed E-state index contributed by atoms with van der Waals surface area (Å²) in [5.41, 5.74) is -1.21. The molecule has 6 atom stereocenters. The molecule has 2 aromatic rings. The van der Waals surface area contributed by atoms with Gasteiger partial charge in [0.15, 0.2) is 0 Å². The van der Waals surface area contributed by atoms with Crippen molar-refractivity contribution >= 4 is 39.9 Å². The van der Waals surface area contributed by atoms with Crippen LogP contribution in [0.2, 0.25) is 0 Å². The average Bonchev–Trinajstić information content (AvgIpc) is 4.00. The van der Waals surface area contributed by atoms with Crippen LogP contribution in [0, 0.1) is 11.7 Å². The number of halogens is 1. The summed E-state index contributed by atoms with van der Waals surface area (Å²) in [6.07, 6.45) is -0.842. The van der Waals surface area contributed by atoms with Gasteiger partial charge in [-0.15, -0.1) is 6.58 Å². The molecule has 2 saturated carbocycles. The van der Waals surface area contributed by atoms with E-state index < -0.39 is 92.3 Å². The van der Waals surface area contributed by atoms with Gasteiger partial charge < -0.3 is 29.7 Å². The zero-order valence-electron chi connectivity index (χ0n) is 30.0. The lowest BCUT2D eigenvalue weighted by atomic mass is 9.99. The zero-order valence-corrected chi connectivity index (χ0v) is 30.8. The number of alkyl carbamates (subject to hydrolysis) is 1.